The van der Waals surface area contributed by atoms with Crippen molar-refractivity contribution in [3.63, 3.8) is 0 Å². The largest absolute Gasteiger partial charge is 0.324 e. The van der Waals surface area contributed by atoms with E-state index < -0.39 is 0 Å². The summed E-state index contributed by atoms with van der Waals surface area (Å²) in [4.78, 5) is 27.0. The van der Waals surface area contributed by atoms with Crippen LogP contribution in [-0.2, 0) is 22.4 Å². The van der Waals surface area contributed by atoms with Crippen molar-refractivity contribution in [1.29, 1.82) is 0 Å². The van der Waals surface area contributed by atoms with Gasteiger partial charge in [-0.1, -0.05) is 18.2 Å². The van der Waals surface area contributed by atoms with E-state index in [1.807, 2.05) is 30.3 Å². The van der Waals surface area contributed by atoms with Gasteiger partial charge in [0.15, 0.2) is 5.82 Å². The second-order valence-corrected chi connectivity index (χ2v) is 7.06. The Morgan fingerprint density at radius 3 is 2.72 bits per heavy atom. The third-order valence-electron chi connectivity index (χ3n) is 5.30. The van der Waals surface area contributed by atoms with Crippen molar-refractivity contribution in [2.75, 3.05) is 10.2 Å². The zero-order valence-electron chi connectivity index (χ0n) is 16.1. The van der Waals surface area contributed by atoms with E-state index in [0.29, 0.717) is 17.2 Å². The minimum atomic E-state index is -0.275. The van der Waals surface area contributed by atoms with E-state index in [0.717, 1.165) is 42.5 Å². The molecule has 0 spiro atoms. The van der Waals surface area contributed by atoms with Gasteiger partial charge in [-0.15, -0.1) is 5.10 Å². The van der Waals surface area contributed by atoms with Crippen molar-refractivity contribution < 1.29 is 9.59 Å². The quantitative estimate of drug-likeness (QED) is 0.510. The van der Waals surface area contributed by atoms with E-state index in [9.17, 15) is 9.59 Å². The topological polar surface area (TPSA) is 104 Å². The average Bonchev–Trinajstić information content (AvgIpc) is 3.20. The molecule has 1 aromatic heterocycles. The molecular weight excluding hydrogens is 379 g/mol. The second kappa shape index (κ2) is 8.06. The second-order valence-electron chi connectivity index (χ2n) is 7.06. The Kier molecular flexibility index (Phi) is 5.49. The van der Waals surface area contributed by atoms with Crippen LogP contribution in [-0.4, -0.2) is 62.0 Å². The number of anilines is 3. The smallest absolute Gasteiger partial charge is 0.241 e. The van der Waals surface area contributed by atoms with Crippen molar-refractivity contribution in [1.82, 2.24) is 20.6 Å². The Hall–Kier alpha value is -2.55. The Morgan fingerprint density at radius 2 is 1.90 bits per heavy atom. The molecule has 2 amide bonds. The molecule has 3 aromatic rings. The number of carbonyl (C=O) groups is 2. The molecule has 5 rings (SSSR count). The number of amides is 2. The molecular formula is C20H18N6NaO2. The summed E-state index contributed by atoms with van der Waals surface area (Å²) in [6.07, 6.45) is 3.94. The van der Waals surface area contributed by atoms with Gasteiger partial charge in [0, 0.05) is 40.8 Å². The molecule has 9 heteroatoms. The summed E-state index contributed by atoms with van der Waals surface area (Å²) in [7, 11) is 0. The predicted molar refractivity (Wildman–Crippen MR) is 109 cm³/mol. The van der Waals surface area contributed by atoms with Crippen LogP contribution in [0, 0.1) is 0 Å². The zero-order valence-corrected chi connectivity index (χ0v) is 18.1. The minimum absolute atomic E-state index is 0. The van der Waals surface area contributed by atoms with E-state index in [1.54, 1.807) is 4.90 Å². The summed E-state index contributed by atoms with van der Waals surface area (Å²) >= 11 is 0. The number of fused-ring (bicyclic) bond motifs is 3. The molecule has 1 aliphatic carbocycles. The van der Waals surface area contributed by atoms with E-state index in [-0.39, 0.29) is 47.8 Å². The van der Waals surface area contributed by atoms with Crippen molar-refractivity contribution in [2.24, 2.45) is 0 Å². The van der Waals surface area contributed by atoms with Gasteiger partial charge in [0.05, 0.1) is 11.4 Å². The molecule has 0 saturated carbocycles. The van der Waals surface area contributed by atoms with Crippen molar-refractivity contribution >= 4 is 58.4 Å². The van der Waals surface area contributed by atoms with Crippen LogP contribution in [0.15, 0.2) is 36.4 Å². The number of aromatic amines is 1. The van der Waals surface area contributed by atoms with E-state index in [2.05, 4.69) is 32.0 Å². The minimum Gasteiger partial charge on any atom is -0.324 e. The SMILES string of the molecule is O=C1CC(=O)N(c2cccc(-c3nnn[nH]3)c2)c2ccc3c(c2N1)CCCC3.[Na]. The maximum atomic E-state index is 13.0. The summed E-state index contributed by atoms with van der Waals surface area (Å²) in [5, 5.41) is 16.9. The van der Waals surface area contributed by atoms with E-state index >= 15 is 0 Å². The van der Waals surface area contributed by atoms with Crippen molar-refractivity contribution in [2.45, 2.75) is 32.1 Å². The Bertz CT molecular complexity index is 1080. The molecule has 1 aliphatic heterocycles. The van der Waals surface area contributed by atoms with Crippen LogP contribution in [0.3, 0.4) is 0 Å². The number of nitrogens with zero attached hydrogens (tertiary/aromatic N) is 4. The van der Waals surface area contributed by atoms with Crippen LogP contribution in [0.4, 0.5) is 17.1 Å². The first-order valence-corrected chi connectivity index (χ1v) is 9.32. The third-order valence-corrected chi connectivity index (χ3v) is 5.30. The van der Waals surface area contributed by atoms with Gasteiger partial charge in [-0.25, -0.2) is 5.10 Å². The molecule has 0 atom stereocenters. The monoisotopic (exact) mass is 397 g/mol. The molecule has 29 heavy (non-hydrogen) atoms. The number of aryl methyl sites for hydroxylation is 1. The molecule has 2 heterocycles. The summed E-state index contributed by atoms with van der Waals surface area (Å²) in [5.74, 6) is -0.0212. The van der Waals surface area contributed by atoms with E-state index in [1.165, 1.54) is 5.56 Å². The van der Waals surface area contributed by atoms with Gasteiger partial charge in [-0.3, -0.25) is 14.5 Å². The fourth-order valence-corrected chi connectivity index (χ4v) is 4.03. The Morgan fingerprint density at radius 1 is 1.03 bits per heavy atom. The Labute approximate surface area is 189 Å². The first-order chi connectivity index (χ1) is 13.7. The van der Waals surface area contributed by atoms with E-state index in [4.69, 9.17) is 0 Å². The summed E-state index contributed by atoms with van der Waals surface area (Å²) < 4.78 is 0. The summed E-state index contributed by atoms with van der Waals surface area (Å²) in [5.41, 5.74) is 5.31. The molecule has 8 nitrogen and oxygen atoms in total. The van der Waals surface area contributed by atoms with Gasteiger partial charge >= 0.3 is 0 Å². The number of H-pyrrole nitrogens is 1. The molecule has 0 unspecified atom stereocenters. The molecule has 2 aliphatic rings. The summed E-state index contributed by atoms with van der Waals surface area (Å²) in [6.45, 7) is 0. The van der Waals surface area contributed by atoms with Gasteiger partial charge in [0.1, 0.15) is 6.42 Å². The van der Waals surface area contributed by atoms with Crippen LogP contribution in [0.5, 0.6) is 0 Å². The van der Waals surface area contributed by atoms with Crippen LogP contribution < -0.4 is 10.2 Å². The zero-order chi connectivity index (χ0) is 19.1. The maximum absolute atomic E-state index is 13.0. The number of hydrogen-bond acceptors (Lipinski definition) is 5. The van der Waals surface area contributed by atoms with Crippen LogP contribution in [0.2, 0.25) is 0 Å². The van der Waals surface area contributed by atoms with Gasteiger partial charge < -0.3 is 5.32 Å². The molecule has 2 aromatic carbocycles. The average molecular weight is 397 g/mol. The fraction of sp³-hybridized carbons (Fsp3) is 0.250. The fourth-order valence-electron chi connectivity index (χ4n) is 4.03. The first kappa shape index (κ1) is 19.8. The molecule has 0 bridgehead atoms. The molecule has 0 saturated heterocycles. The number of tetrazole rings is 1. The maximum Gasteiger partial charge on any atom is 0.241 e. The number of nitrogens with one attached hydrogen (secondary N) is 2. The number of carbonyl (C=O) groups excluding carboxylic acids is 2. The summed E-state index contributed by atoms with van der Waals surface area (Å²) in [6, 6.07) is 11.4. The van der Waals surface area contributed by atoms with Crippen LogP contribution in [0.1, 0.15) is 30.4 Å². The van der Waals surface area contributed by atoms with Gasteiger partial charge in [-0.2, -0.15) is 0 Å². The molecule has 2 N–H and O–H groups in total. The normalized spacial score (nSPS) is 15.7. The Balaban J connectivity index is 0.00000205. The van der Waals surface area contributed by atoms with Crippen molar-refractivity contribution in [3.05, 3.63) is 47.5 Å². The molecule has 0 fully saturated rings. The molecule has 1 radical (unpaired) electrons. The third kappa shape index (κ3) is 3.59. The van der Waals surface area contributed by atoms with Crippen LogP contribution in [0.25, 0.3) is 11.4 Å². The van der Waals surface area contributed by atoms with Gasteiger partial charge in [0.25, 0.3) is 0 Å². The number of hydrogen-bond donors (Lipinski definition) is 2. The first-order valence-electron chi connectivity index (χ1n) is 9.32. The van der Waals surface area contributed by atoms with Crippen molar-refractivity contribution in [3.8, 4) is 11.4 Å². The number of aromatic nitrogens is 4. The standard InChI is InChI=1S/C20H18N6O2.Na/c27-17-11-18(28)26(14-6-3-5-13(10-14)20-22-24-25-23-20)16-9-8-12-4-1-2-7-15(12)19(16)21-17;/h3,5-6,8-10H,1-2,4,7,11H2,(H,21,27)(H,22,23,24,25);. The predicted octanol–water partition coefficient (Wildman–Crippen LogP) is 2.37. The van der Waals surface area contributed by atoms with Crippen LogP contribution >= 0.6 is 0 Å². The number of rotatable bonds is 2. The number of benzene rings is 2. The molecule has 141 valence electrons. The van der Waals surface area contributed by atoms with Gasteiger partial charge in [-0.05, 0) is 65.4 Å². The van der Waals surface area contributed by atoms with Gasteiger partial charge in [0.2, 0.25) is 11.8 Å².